The first-order chi connectivity index (χ1) is 17.1. The molecule has 3 rings (SSSR count). The van der Waals surface area contributed by atoms with Gasteiger partial charge in [-0.15, -0.1) is 4.91 Å². The summed E-state index contributed by atoms with van der Waals surface area (Å²) in [6, 6.07) is 13.5. The second kappa shape index (κ2) is 10.2. The number of nitrogens with zero attached hydrogens (tertiary/aromatic N) is 2. The topological polar surface area (TPSA) is 127 Å². The molecule has 2 amide bonds. The van der Waals surface area contributed by atoms with Crippen molar-refractivity contribution in [2.45, 2.75) is 38.6 Å². The molecule has 0 saturated carbocycles. The van der Waals surface area contributed by atoms with Gasteiger partial charge in [0.25, 0.3) is 0 Å². The number of rotatable bonds is 6. The van der Waals surface area contributed by atoms with Crippen molar-refractivity contribution in [3.05, 3.63) is 70.8 Å². The van der Waals surface area contributed by atoms with E-state index >= 15 is 0 Å². The van der Waals surface area contributed by atoms with Crippen LogP contribution in [-0.2, 0) is 15.5 Å². The summed E-state index contributed by atoms with van der Waals surface area (Å²) in [5, 5.41) is 7.95. The summed E-state index contributed by atoms with van der Waals surface area (Å²) in [5.74, 6) is -0.677. The van der Waals surface area contributed by atoms with Crippen molar-refractivity contribution in [2.24, 2.45) is 5.18 Å². The molecule has 1 aromatic heterocycles. The number of benzene rings is 2. The Morgan fingerprint density at radius 1 is 1.00 bits per heavy atom. The summed E-state index contributed by atoms with van der Waals surface area (Å²) in [6.45, 7) is 6.69. The van der Waals surface area contributed by atoms with Crippen LogP contribution in [0, 0.1) is 11.8 Å². The third-order valence-electron chi connectivity index (χ3n) is 5.17. The predicted octanol–water partition coefficient (Wildman–Crippen LogP) is 6.62. The second-order valence-electron chi connectivity index (χ2n) is 8.98. The lowest BCUT2D eigenvalue weighted by atomic mass is 9.88. The lowest BCUT2D eigenvalue weighted by Crippen LogP contribution is -2.29. The molecule has 37 heavy (non-hydrogen) atoms. The number of pyridine rings is 1. The van der Waals surface area contributed by atoms with Gasteiger partial charge in [-0.05, 0) is 53.6 Å². The van der Waals surface area contributed by atoms with Crippen molar-refractivity contribution < 1.29 is 30.6 Å². The number of hydrogen-bond acceptors (Lipinski definition) is 7. The number of hydrogen-bond donors (Lipinski definition) is 2. The summed E-state index contributed by atoms with van der Waals surface area (Å²) < 4.78 is 66.5. The van der Waals surface area contributed by atoms with Crippen LogP contribution in [0.2, 0.25) is 0 Å². The zero-order valence-corrected chi connectivity index (χ0v) is 21.0. The van der Waals surface area contributed by atoms with Crippen molar-refractivity contribution in [3.63, 3.8) is 0 Å². The van der Waals surface area contributed by atoms with Gasteiger partial charge in [-0.25, -0.2) is 9.78 Å². The van der Waals surface area contributed by atoms with Gasteiger partial charge in [-0.3, -0.25) is 0 Å². The number of anilines is 2. The van der Waals surface area contributed by atoms with Crippen LogP contribution in [0.4, 0.5) is 35.0 Å². The molecule has 0 aliphatic heterocycles. The number of carbonyl (C=O) groups excluding carboxylic acids is 1. The number of para-hydroxylation sites is 1. The molecule has 0 aliphatic carbocycles. The van der Waals surface area contributed by atoms with Gasteiger partial charge in [0.1, 0.15) is 5.69 Å². The van der Waals surface area contributed by atoms with Crippen LogP contribution in [0.5, 0.6) is 5.88 Å². The first-order valence-corrected chi connectivity index (χ1v) is 12.2. The molecule has 0 aliphatic rings. The minimum Gasteiger partial charge on any atom is -0.355 e. The van der Waals surface area contributed by atoms with Gasteiger partial charge in [0, 0.05) is 16.7 Å². The maximum atomic E-state index is 12.9. The van der Waals surface area contributed by atoms with Gasteiger partial charge in [0.05, 0.1) is 11.4 Å². The highest BCUT2D eigenvalue weighted by atomic mass is 32.2. The summed E-state index contributed by atoms with van der Waals surface area (Å²) >= 11 is 0. The zero-order chi connectivity index (χ0) is 27.6. The monoisotopic (exact) mass is 536 g/mol. The molecule has 0 atom stereocenters. The standard InChI is InChI=1S/C24H23F3N4O5S/c1-14-17(13-20(23(2,3)4)30-21(14)36-37(34,35)24(25,26)27)15-9-11-16(12-10-15)28-22(32)29-18-7-5-6-8-19(18)31-33/h5-13H,1-4H3,(H2,28,29,32). The summed E-state index contributed by atoms with van der Waals surface area (Å²) in [4.78, 5) is 27.3. The van der Waals surface area contributed by atoms with E-state index in [2.05, 4.69) is 25.0 Å². The summed E-state index contributed by atoms with van der Waals surface area (Å²) in [6.07, 6.45) is 0. The molecule has 2 N–H and O–H groups in total. The van der Waals surface area contributed by atoms with Gasteiger partial charge in [0.15, 0.2) is 0 Å². The fourth-order valence-electron chi connectivity index (χ4n) is 3.18. The third kappa shape index (κ3) is 6.42. The van der Waals surface area contributed by atoms with Gasteiger partial charge < -0.3 is 14.8 Å². The van der Waals surface area contributed by atoms with Gasteiger partial charge in [-0.1, -0.05) is 45.0 Å². The fourth-order valence-corrected chi connectivity index (χ4v) is 3.64. The number of aromatic nitrogens is 1. The van der Waals surface area contributed by atoms with E-state index in [1.165, 1.54) is 19.1 Å². The predicted molar refractivity (Wildman–Crippen MR) is 133 cm³/mol. The van der Waals surface area contributed by atoms with Crippen molar-refractivity contribution in [3.8, 4) is 17.0 Å². The maximum absolute atomic E-state index is 12.9. The fraction of sp³-hybridized carbons (Fsp3) is 0.250. The minimum absolute atomic E-state index is 0.0568. The van der Waals surface area contributed by atoms with Crippen LogP contribution in [0.3, 0.4) is 0 Å². The average Bonchev–Trinajstić information content (AvgIpc) is 2.79. The molecular formula is C24H23F3N4O5S. The lowest BCUT2D eigenvalue weighted by molar-refractivity contribution is -0.0501. The molecule has 0 spiro atoms. The highest BCUT2D eigenvalue weighted by molar-refractivity contribution is 7.87. The van der Waals surface area contributed by atoms with Crippen LogP contribution in [0.25, 0.3) is 11.1 Å². The molecule has 0 radical (unpaired) electrons. The van der Waals surface area contributed by atoms with Crippen LogP contribution in [0.1, 0.15) is 32.0 Å². The number of urea groups is 1. The Labute approximate surface area is 211 Å². The first-order valence-electron chi connectivity index (χ1n) is 10.8. The Kier molecular flexibility index (Phi) is 7.58. The number of carbonyl (C=O) groups is 1. The molecule has 9 nitrogen and oxygen atoms in total. The van der Waals surface area contributed by atoms with Crippen LogP contribution >= 0.6 is 0 Å². The van der Waals surface area contributed by atoms with Crippen molar-refractivity contribution in [1.29, 1.82) is 0 Å². The molecule has 13 heteroatoms. The van der Waals surface area contributed by atoms with Crippen molar-refractivity contribution >= 4 is 33.2 Å². The average molecular weight is 537 g/mol. The molecular weight excluding hydrogens is 513 g/mol. The van der Waals surface area contributed by atoms with Gasteiger partial charge >= 0.3 is 21.7 Å². The Morgan fingerprint density at radius 2 is 1.62 bits per heavy atom. The smallest absolute Gasteiger partial charge is 0.355 e. The number of amides is 2. The van der Waals surface area contributed by atoms with Crippen LogP contribution in [-0.4, -0.2) is 24.9 Å². The van der Waals surface area contributed by atoms with E-state index in [9.17, 15) is 31.3 Å². The number of halogens is 3. The summed E-state index contributed by atoms with van der Waals surface area (Å²) in [7, 11) is -5.93. The molecule has 2 aromatic carbocycles. The summed E-state index contributed by atoms with van der Waals surface area (Å²) in [5.41, 5.74) is -4.31. The van der Waals surface area contributed by atoms with E-state index in [0.717, 1.165) is 0 Å². The van der Waals surface area contributed by atoms with Gasteiger partial charge in [0.2, 0.25) is 5.88 Å². The van der Waals surface area contributed by atoms with Crippen LogP contribution in [0.15, 0.2) is 59.8 Å². The van der Waals surface area contributed by atoms with E-state index in [1.54, 1.807) is 63.2 Å². The first kappa shape index (κ1) is 27.6. The SMILES string of the molecule is Cc1c(-c2ccc(NC(=O)Nc3ccccc3N=O)cc2)cc(C(C)(C)C)nc1OS(=O)(=O)C(F)(F)F. The van der Waals surface area contributed by atoms with Crippen molar-refractivity contribution in [2.75, 3.05) is 10.6 Å². The Balaban J connectivity index is 1.92. The number of nitroso groups, excluding NO2 is 1. The van der Waals surface area contributed by atoms with E-state index in [1.807, 2.05) is 0 Å². The molecule has 0 saturated heterocycles. The Hall–Kier alpha value is -4.00. The molecule has 0 fully saturated rings. The molecule has 1 heterocycles. The van der Waals surface area contributed by atoms with Gasteiger partial charge in [-0.2, -0.15) is 21.6 Å². The van der Waals surface area contributed by atoms with Crippen molar-refractivity contribution in [1.82, 2.24) is 4.98 Å². The largest absolute Gasteiger partial charge is 0.534 e. The molecule has 0 unspecified atom stereocenters. The minimum atomic E-state index is -5.93. The van der Waals surface area contributed by atoms with E-state index in [-0.39, 0.29) is 16.9 Å². The lowest BCUT2D eigenvalue weighted by Gasteiger charge is -2.22. The quantitative estimate of drug-likeness (QED) is 0.207. The third-order valence-corrected chi connectivity index (χ3v) is 6.12. The van der Waals surface area contributed by atoms with E-state index in [4.69, 9.17) is 0 Å². The van der Waals surface area contributed by atoms with Crippen LogP contribution < -0.4 is 14.8 Å². The highest BCUT2D eigenvalue weighted by Crippen LogP contribution is 2.36. The highest BCUT2D eigenvalue weighted by Gasteiger charge is 2.49. The normalized spacial score (nSPS) is 12.1. The Bertz CT molecular complexity index is 1430. The number of nitrogens with one attached hydrogen (secondary N) is 2. The molecule has 3 aromatic rings. The Morgan fingerprint density at radius 3 is 2.19 bits per heavy atom. The van der Waals surface area contributed by atoms with E-state index < -0.39 is 33.0 Å². The maximum Gasteiger partial charge on any atom is 0.534 e. The number of alkyl halides is 3. The second-order valence-corrected chi connectivity index (χ2v) is 10.5. The zero-order valence-electron chi connectivity index (χ0n) is 20.2. The molecule has 0 bridgehead atoms. The van der Waals surface area contributed by atoms with E-state index in [0.29, 0.717) is 22.5 Å². The molecule has 196 valence electrons.